The molecule has 4 aromatic rings. The first-order valence-electron chi connectivity index (χ1n) is 9.04. The fourth-order valence-electron chi connectivity index (χ4n) is 3.18. The van der Waals surface area contributed by atoms with Crippen molar-refractivity contribution in [3.8, 4) is 10.4 Å². The second-order valence-electron chi connectivity index (χ2n) is 6.64. The second kappa shape index (κ2) is 8.14. The molecule has 0 bridgehead atoms. The molecule has 1 aromatic heterocycles. The molecule has 0 aliphatic heterocycles. The summed E-state index contributed by atoms with van der Waals surface area (Å²) in [4.78, 5) is 18.4. The minimum atomic E-state index is -0.299. The zero-order chi connectivity index (χ0) is 21.3. The Balaban J connectivity index is 1.74. The lowest BCUT2D eigenvalue weighted by atomic mass is 10.0. The number of thiophene rings is 1. The number of amides is 1. The number of hydrogen-bond donors (Lipinski definition) is 4. The van der Waals surface area contributed by atoms with Gasteiger partial charge in [-0.3, -0.25) is 9.79 Å². The van der Waals surface area contributed by atoms with E-state index in [1.807, 2.05) is 24.3 Å². The number of hydrogen-bond acceptors (Lipinski definition) is 6. The monoisotopic (exact) mass is 430 g/mol. The number of nitrogen functional groups attached to an aromatic ring is 1. The number of anilines is 2. The van der Waals surface area contributed by atoms with E-state index < -0.39 is 0 Å². The summed E-state index contributed by atoms with van der Waals surface area (Å²) in [5, 5.41) is 11.7. The number of aliphatic imine (C=N–C) groups is 1. The lowest BCUT2D eigenvalue weighted by Gasteiger charge is -2.12. The average Bonchev–Trinajstić information content (AvgIpc) is 3.18. The highest BCUT2D eigenvalue weighted by Crippen LogP contribution is 2.38. The Morgan fingerprint density at radius 1 is 1.17 bits per heavy atom. The van der Waals surface area contributed by atoms with E-state index in [0.29, 0.717) is 33.1 Å². The minimum absolute atomic E-state index is 0.299. The van der Waals surface area contributed by atoms with Crippen LogP contribution in [0.4, 0.5) is 17.1 Å². The summed E-state index contributed by atoms with van der Waals surface area (Å²) in [6.45, 7) is 3.49. The van der Waals surface area contributed by atoms with E-state index >= 15 is 0 Å². The van der Waals surface area contributed by atoms with Crippen molar-refractivity contribution in [1.82, 2.24) is 0 Å². The van der Waals surface area contributed by atoms with Gasteiger partial charge in [0, 0.05) is 48.8 Å². The van der Waals surface area contributed by atoms with Gasteiger partial charge in [0.25, 0.3) is 5.91 Å². The van der Waals surface area contributed by atoms with Gasteiger partial charge in [0.2, 0.25) is 0 Å². The summed E-state index contributed by atoms with van der Waals surface area (Å²) < 4.78 is 1.13. The maximum absolute atomic E-state index is 12.9. The highest BCUT2D eigenvalue weighted by molar-refractivity contribution is 7.80. The second-order valence-corrected chi connectivity index (χ2v) is 8.20. The van der Waals surface area contributed by atoms with Crippen LogP contribution in [0.2, 0.25) is 0 Å². The standard InChI is InChI=1S/C23H18N4OS2/c1-26-18-7-6-16(11-19(18)29)27-23(28)14-8-15(12-24)22(25)17(9-14)21-10-13-4-2-3-5-20(13)30-21/h2-12,24,29H,1,25H2,(H,27,28). The van der Waals surface area contributed by atoms with E-state index in [-0.39, 0.29) is 5.91 Å². The molecule has 0 spiro atoms. The van der Waals surface area contributed by atoms with Crippen molar-refractivity contribution >= 4 is 70.0 Å². The largest absolute Gasteiger partial charge is 0.398 e. The minimum Gasteiger partial charge on any atom is -0.398 e. The molecule has 0 atom stereocenters. The van der Waals surface area contributed by atoms with Crippen molar-refractivity contribution in [3.05, 3.63) is 71.8 Å². The van der Waals surface area contributed by atoms with Gasteiger partial charge in [0.05, 0.1) is 5.69 Å². The summed E-state index contributed by atoms with van der Waals surface area (Å²) in [7, 11) is 0. The third-order valence-electron chi connectivity index (χ3n) is 4.72. The Bertz CT molecular complexity index is 1280. The number of benzene rings is 3. The van der Waals surface area contributed by atoms with Gasteiger partial charge in [-0.1, -0.05) is 18.2 Å². The predicted molar refractivity (Wildman–Crippen MR) is 130 cm³/mol. The molecule has 4 rings (SSSR count). The quantitative estimate of drug-likeness (QED) is 0.177. The topological polar surface area (TPSA) is 91.3 Å². The van der Waals surface area contributed by atoms with Gasteiger partial charge in [-0.05, 0) is 54.6 Å². The fourth-order valence-corrected chi connectivity index (χ4v) is 4.56. The SMILES string of the molecule is C=Nc1ccc(NC(=O)c2cc(C=N)c(N)c(-c3cc4ccccc4s3)c2)cc1S. The Morgan fingerprint density at radius 3 is 2.67 bits per heavy atom. The van der Waals surface area contributed by atoms with Crippen molar-refractivity contribution in [2.24, 2.45) is 4.99 Å². The summed E-state index contributed by atoms with van der Waals surface area (Å²) in [6, 6.07) is 18.7. The van der Waals surface area contributed by atoms with Crippen LogP contribution in [0, 0.1) is 5.41 Å². The fraction of sp³-hybridized carbons (Fsp3) is 0. The Morgan fingerprint density at radius 2 is 1.97 bits per heavy atom. The molecule has 0 saturated heterocycles. The van der Waals surface area contributed by atoms with Crippen LogP contribution in [0.3, 0.4) is 0 Å². The van der Waals surface area contributed by atoms with Gasteiger partial charge < -0.3 is 16.5 Å². The summed E-state index contributed by atoms with van der Waals surface area (Å²) in [5.41, 5.74) is 9.68. The van der Waals surface area contributed by atoms with Gasteiger partial charge in [-0.25, -0.2) is 0 Å². The maximum Gasteiger partial charge on any atom is 0.255 e. The molecule has 5 nitrogen and oxygen atoms in total. The van der Waals surface area contributed by atoms with Crippen LogP contribution in [-0.4, -0.2) is 18.8 Å². The van der Waals surface area contributed by atoms with E-state index in [1.165, 1.54) is 6.21 Å². The van der Waals surface area contributed by atoms with Crippen molar-refractivity contribution in [2.45, 2.75) is 4.90 Å². The molecule has 148 valence electrons. The zero-order valence-corrected chi connectivity index (χ0v) is 17.6. The summed E-state index contributed by atoms with van der Waals surface area (Å²) in [6.07, 6.45) is 1.17. The number of fused-ring (bicyclic) bond motifs is 1. The summed E-state index contributed by atoms with van der Waals surface area (Å²) in [5.74, 6) is -0.299. The molecule has 0 saturated carbocycles. The van der Waals surface area contributed by atoms with Gasteiger partial charge in [0.15, 0.2) is 0 Å². The van der Waals surface area contributed by atoms with Crippen LogP contribution >= 0.6 is 24.0 Å². The molecule has 0 unspecified atom stereocenters. The first-order valence-corrected chi connectivity index (χ1v) is 10.3. The highest BCUT2D eigenvalue weighted by Gasteiger charge is 2.16. The molecule has 4 N–H and O–H groups in total. The molecule has 0 aliphatic carbocycles. The summed E-state index contributed by atoms with van der Waals surface area (Å²) >= 11 is 5.96. The van der Waals surface area contributed by atoms with Crippen molar-refractivity contribution < 1.29 is 4.79 Å². The third-order valence-corrected chi connectivity index (χ3v) is 6.23. The molecule has 0 aliphatic rings. The maximum atomic E-state index is 12.9. The third kappa shape index (κ3) is 3.72. The lowest BCUT2D eigenvalue weighted by Crippen LogP contribution is -2.13. The molecule has 3 aromatic carbocycles. The van der Waals surface area contributed by atoms with Crippen LogP contribution < -0.4 is 11.1 Å². The highest BCUT2D eigenvalue weighted by atomic mass is 32.1. The van der Waals surface area contributed by atoms with Crippen LogP contribution in [0.25, 0.3) is 20.5 Å². The number of thiol groups is 1. The average molecular weight is 431 g/mol. The van der Waals surface area contributed by atoms with E-state index in [9.17, 15) is 4.79 Å². The molecular formula is C23H18N4OS2. The smallest absolute Gasteiger partial charge is 0.255 e. The Hall–Kier alpha value is -3.42. The van der Waals surface area contributed by atoms with Crippen LogP contribution in [0.1, 0.15) is 15.9 Å². The number of nitrogens with zero attached hydrogens (tertiary/aromatic N) is 1. The Labute approximate surface area is 183 Å². The number of rotatable bonds is 5. The molecular weight excluding hydrogens is 412 g/mol. The van der Waals surface area contributed by atoms with Gasteiger partial charge in [-0.15, -0.1) is 24.0 Å². The van der Waals surface area contributed by atoms with Crippen molar-refractivity contribution in [1.29, 1.82) is 5.41 Å². The zero-order valence-electron chi connectivity index (χ0n) is 15.8. The lowest BCUT2D eigenvalue weighted by molar-refractivity contribution is 0.102. The van der Waals surface area contributed by atoms with Crippen LogP contribution in [0.5, 0.6) is 0 Å². The normalized spacial score (nSPS) is 10.7. The Kier molecular flexibility index (Phi) is 5.39. The van der Waals surface area contributed by atoms with Gasteiger partial charge in [-0.2, -0.15) is 0 Å². The number of carbonyl (C=O) groups excluding carboxylic acids is 1. The number of carbonyl (C=O) groups is 1. The number of nitrogens with one attached hydrogen (secondary N) is 2. The predicted octanol–water partition coefficient (Wildman–Crippen LogP) is 6.02. The molecule has 7 heteroatoms. The van der Waals surface area contributed by atoms with E-state index in [0.717, 1.165) is 20.5 Å². The molecule has 0 radical (unpaired) electrons. The van der Waals surface area contributed by atoms with E-state index in [4.69, 9.17) is 11.1 Å². The van der Waals surface area contributed by atoms with Crippen molar-refractivity contribution in [3.63, 3.8) is 0 Å². The molecule has 30 heavy (non-hydrogen) atoms. The van der Waals surface area contributed by atoms with Crippen molar-refractivity contribution in [2.75, 3.05) is 11.1 Å². The van der Waals surface area contributed by atoms with E-state index in [1.54, 1.807) is 41.7 Å². The molecule has 0 fully saturated rings. The van der Waals surface area contributed by atoms with Crippen LogP contribution in [0.15, 0.2) is 70.6 Å². The first-order chi connectivity index (χ1) is 14.5. The molecule has 1 amide bonds. The molecule has 1 heterocycles. The van der Waals surface area contributed by atoms with Crippen LogP contribution in [-0.2, 0) is 0 Å². The van der Waals surface area contributed by atoms with E-state index in [2.05, 4.69) is 35.7 Å². The van der Waals surface area contributed by atoms with Gasteiger partial charge >= 0.3 is 0 Å². The van der Waals surface area contributed by atoms with Gasteiger partial charge in [0.1, 0.15) is 0 Å². The number of nitrogens with two attached hydrogens (primary N) is 1. The first kappa shape index (κ1) is 19.9.